The Balaban J connectivity index is 1.52. The van der Waals surface area contributed by atoms with Crippen LogP contribution in [0, 0.1) is 0 Å². The summed E-state index contributed by atoms with van der Waals surface area (Å²) in [7, 11) is 0. The summed E-state index contributed by atoms with van der Waals surface area (Å²) in [5, 5.41) is 3.16. The maximum absolute atomic E-state index is 12.6. The first kappa shape index (κ1) is 16.8. The van der Waals surface area contributed by atoms with Gasteiger partial charge in [-0.05, 0) is 42.0 Å². The van der Waals surface area contributed by atoms with Crippen LogP contribution in [0.15, 0.2) is 72.8 Å². The molecule has 1 heterocycles. The van der Waals surface area contributed by atoms with E-state index in [1.807, 2.05) is 30.3 Å². The van der Waals surface area contributed by atoms with E-state index in [0.29, 0.717) is 28.4 Å². The summed E-state index contributed by atoms with van der Waals surface area (Å²) in [6.45, 7) is 0. The SMILES string of the molecule is NN(C(=O)Nc1ccccc1)C(=O)c1ccc2c(c1)Cc1ccccc1O2. The molecule has 4 rings (SSSR count). The average Bonchev–Trinajstić information content (AvgIpc) is 2.71. The van der Waals surface area contributed by atoms with Gasteiger partial charge in [0.1, 0.15) is 11.5 Å². The van der Waals surface area contributed by atoms with Crippen molar-refractivity contribution in [1.82, 2.24) is 5.01 Å². The van der Waals surface area contributed by atoms with Gasteiger partial charge in [-0.25, -0.2) is 10.6 Å². The van der Waals surface area contributed by atoms with Crippen molar-refractivity contribution >= 4 is 17.6 Å². The highest BCUT2D eigenvalue weighted by Gasteiger charge is 2.23. The maximum atomic E-state index is 12.6. The van der Waals surface area contributed by atoms with E-state index in [1.165, 1.54) is 0 Å². The van der Waals surface area contributed by atoms with Crippen LogP contribution in [0.4, 0.5) is 10.5 Å². The lowest BCUT2D eigenvalue weighted by Gasteiger charge is -2.21. The van der Waals surface area contributed by atoms with Gasteiger partial charge in [0.05, 0.1) is 0 Å². The fraction of sp³-hybridized carbons (Fsp3) is 0.0476. The molecule has 3 amide bonds. The Kier molecular flexibility index (Phi) is 4.32. The Morgan fingerprint density at radius 1 is 0.889 bits per heavy atom. The smallest absolute Gasteiger partial charge is 0.343 e. The van der Waals surface area contributed by atoms with Crippen molar-refractivity contribution in [1.29, 1.82) is 0 Å². The van der Waals surface area contributed by atoms with E-state index in [-0.39, 0.29) is 0 Å². The van der Waals surface area contributed by atoms with Gasteiger partial charge in [0.2, 0.25) is 0 Å². The number of ether oxygens (including phenoxy) is 1. The van der Waals surface area contributed by atoms with E-state index in [4.69, 9.17) is 10.6 Å². The van der Waals surface area contributed by atoms with Gasteiger partial charge >= 0.3 is 6.03 Å². The molecule has 0 bridgehead atoms. The predicted octanol–water partition coefficient (Wildman–Crippen LogP) is 3.93. The Bertz CT molecular complexity index is 1020. The third-order valence-corrected chi connectivity index (χ3v) is 4.34. The van der Waals surface area contributed by atoms with E-state index < -0.39 is 11.9 Å². The highest BCUT2D eigenvalue weighted by atomic mass is 16.5. The number of nitrogens with zero attached hydrogens (tertiary/aromatic N) is 1. The lowest BCUT2D eigenvalue weighted by molar-refractivity contribution is 0.0811. The molecule has 27 heavy (non-hydrogen) atoms. The van der Waals surface area contributed by atoms with Crippen LogP contribution in [0.3, 0.4) is 0 Å². The van der Waals surface area contributed by atoms with Crippen LogP contribution in [-0.2, 0) is 6.42 Å². The lowest BCUT2D eigenvalue weighted by atomic mass is 9.98. The Morgan fingerprint density at radius 3 is 2.41 bits per heavy atom. The number of amides is 3. The van der Waals surface area contributed by atoms with Crippen molar-refractivity contribution in [2.45, 2.75) is 6.42 Å². The van der Waals surface area contributed by atoms with Crippen LogP contribution in [0.25, 0.3) is 0 Å². The summed E-state index contributed by atoms with van der Waals surface area (Å²) in [6, 6.07) is 20.9. The molecule has 0 spiro atoms. The number of imide groups is 1. The molecule has 0 atom stereocenters. The maximum Gasteiger partial charge on any atom is 0.343 e. The lowest BCUT2D eigenvalue weighted by Crippen LogP contribution is -2.45. The van der Waals surface area contributed by atoms with Crippen molar-refractivity contribution in [2.24, 2.45) is 5.84 Å². The van der Waals surface area contributed by atoms with Gasteiger partial charge in [-0.2, -0.15) is 5.01 Å². The van der Waals surface area contributed by atoms with Gasteiger partial charge in [-0.3, -0.25) is 4.79 Å². The standard InChI is InChI=1S/C21H17N3O3/c22-24(21(26)23-17-7-2-1-3-8-17)20(25)15-10-11-19-16(13-15)12-14-6-4-5-9-18(14)27-19/h1-11,13H,12,22H2,(H,23,26). The van der Waals surface area contributed by atoms with Gasteiger partial charge in [0.25, 0.3) is 5.91 Å². The molecular formula is C21H17N3O3. The quantitative estimate of drug-likeness (QED) is 0.323. The monoisotopic (exact) mass is 359 g/mol. The summed E-state index contributed by atoms with van der Waals surface area (Å²) >= 11 is 0. The summed E-state index contributed by atoms with van der Waals surface area (Å²) in [6.07, 6.45) is 0.646. The number of hydrogen-bond donors (Lipinski definition) is 2. The minimum Gasteiger partial charge on any atom is -0.457 e. The van der Waals surface area contributed by atoms with Gasteiger partial charge in [0.15, 0.2) is 0 Å². The number of hydrazine groups is 1. The molecule has 3 N–H and O–H groups in total. The molecule has 6 heteroatoms. The fourth-order valence-electron chi connectivity index (χ4n) is 2.96. The normalized spacial score (nSPS) is 11.6. The van der Waals surface area contributed by atoms with Crippen LogP contribution in [0.1, 0.15) is 21.5 Å². The molecule has 3 aromatic carbocycles. The van der Waals surface area contributed by atoms with Crippen LogP contribution in [-0.4, -0.2) is 16.9 Å². The van der Waals surface area contributed by atoms with E-state index in [1.54, 1.807) is 42.5 Å². The van der Waals surface area contributed by atoms with E-state index in [0.717, 1.165) is 16.9 Å². The van der Waals surface area contributed by atoms with Crippen LogP contribution in [0.5, 0.6) is 11.5 Å². The molecule has 0 unspecified atom stereocenters. The zero-order chi connectivity index (χ0) is 18.8. The summed E-state index contributed by atoms with van der Waals surface area (Å²) in [5.74, 6) is 6.65. The number of anilines is 1. The van der Waals surface area contributed by atoms with Gasteiger partial charge in [0, 0.05) is 23.2 Å². The molecule has 1 aliphatic heterocycles. The molecule has 0 radical (unpaired) electrons. The minimum atomic E-state index is -0.703. The largest absolute Gasteiger partial charge is 0.457 e. The molecule has 6 nitrogen and oxygen atoms in total. The minimum absolute atomic E-state index is 0.322. The first-order valence-corrected chi connectivity index (χ1v) is 8.46. The second-order valence-electron chi connectivity index (χ2n) is 6.18. The van der Waals surface area contributed by atoms with Crippen LogP contribution >= 0.6 is 0 Å². The molecule has 0 saturated carbocycles. The number of fused-ring (bicyclic) bond motifs is 2. The molecule has 0 aliphatic carbocycles. The highest BCUT2D eigenvalue weighted by molar-refractivity contribution is 6.07. The van der Waals surface area contributed by atoms with Crippen LogP contribution in [0.2, 0.25) is 0 Å². The molecule has 1 aliphatic rings. The fourth-order valence-corrected chi connectivity index (χ4v) is 2.96. The molecule has 134 valence electrons. The number of carbonyl (C=O) groups is 2. The third-order valence-electron chi connectivity index (χ3n) is 4.34. The first-order valence-electron chi connectivity index (χ1n) is 8.46. The molecule has 3 aromatic rings. The average molecular weight is 359 g/mol. The van der Waals surface area contributed by atoms with Gasteiger partial charge in [-0.15, -0.1) is 0 Å². The van der Waals surface area contributed by atoms with E-state index >= 15 is 0 Å². The second kappa shape index (κ2) is 6.93. The first-order chi connectivity index (χ1) is 13.1. The van der Waals surface area contributed by atoms with E-state index in [2.05, 4.69) is 5.32 Å². The highest BCUT2D eigenvalue weighted by Crippen LogP contribution is 2.36. The van der Waals surface area contributed by atoms with E-state index in [9.17, 15) is 9.59 Å². The Hall–Kier alpha value is -3.64. The number of urea groups is 1. The number of rotatable bonds is 2. The second-order valence-corrected chi connectivity index (χ2v) is 6.18. The number of hydrogen-bond acceptors (Lipinski definition) is 4. The van der Waals surface area contributed by atoms with Gasteiger partial charge in [-0.1, -0.05) is 36.4 Å². The zero-order valence-corrected chi connectivity index (χ0v) is 14.4. The number of nitrogens with two attached hydrogens (primary N) is 1. The third kappa shape index (κ3) is 3.38. The van der Waals surface area contributed by atoms with Gasteiger partial charge < -0.3 is 10.1 Å². The number of para-hydroxylation sites is 2. The number of carbonyl (C=O) groups excluding carboxylic acids is 2. The zero-order valence-electron chi connectivity index (χ0n) is 14.4. The number of nitrogens with one attached hydrogen (secondary N) is 1. The molecule has 0 aromatic heterocycles. The molecule has 0 fully saturated rings. The van der Waals surface area contributed by atoms with Crippen molar-refractivity contribution < 1.29 is 14.3 Å². The van der Waals surface area contributed by atoms with Crippen molar-refractivity contribution in [3.63, 3.8) is 0 Å². The number of benzene rings is 3. The molecular weight excluding hydrogens is 342 g/mol. The summed E-state index contributed by atoms with van der Waals surface area (Å²) in [4.78, 5) is 24.8. The van der Waals surface area contributed by atoms with Crippen molar-refractivity contribution in [2.75, 3.05) is 5.32 Å². The van der Waals surface area contributed by atoms with Crippen molar-refractivity contribution in [3.05, 3.63) is 89.5 Å². The van der Waals surface area contributed by atoms with Crippen molar-refractivity contribution in [3.8, 4) is 11.5 Å². The van der Waals surface area contributed by atoms with Crippen LogP contribution < -0.4 is 15.9 Å². The topological polar surface area (TPSA) is 84.7 Å². The Morgan fingerprint density at radius 2 is 1.59 bits per heavy atom. The Labute approximate surface area is 156 Å². The predicted molar refractivity (Wildman–Crippen MR) is 102 cm³/mol. The summed E-state index contributed by atoms with van der Waals surface area (Å²) in [5.41, 5.74) is 2.79. The summed E-state index contributed by atoms with van der Waals surface area (Å²) < 4.78 is 5.86. The molecule has 0 saturated heterocycles.